The van der Waals surface area contributed by atoms with E-state index in [-0.39, 0.29) is 5.78 Å². The van der Waals surface area contributed by atoms with Crippen molar-refractivity contribution in [1.82, 2.24) is 0 Å². The summed E-state index contributed by atoms with van der Waals surface area (Å²) in [4.78, 5) is 12.3. The summed E-state index contributed by atoms with van der Waals surface area (Å²) in [6.45, 7) is 0. The van der Waals surface area contributed by atoms with Gasteiger partial charge < -0.3 is 15.4 Å². The van der Waals surface area contributed by atoms with Gasteiger partial charge in [-0.3, -0.25) is 4.79 Å². The second-order valence-electron chi connectivity index (χ2n) is 6.38. The van der Waals surface area contributed by atoms with Gasteiger partial charge in [0.2, 0.25) is 0 Å². The zero-order chi connectivity index (χ0) is 21.2. The third-order valence-corrected chi connectivity index (χ3v) is 4.43. The number of hydrogen-bond donors (Lipinski definition) is 2. The lowest BCUT2D eigenvalue weighted by atomic mass is 10.1. The molecule has 3 rings (SSSR count). The molecule has 3 aromatic carbocycles. The molecule has 0 spiro atoms. The Labute approximate surface area is 181 Å². The van der Waals surface area contributed by atoms with Gasteiger partial charge in [-0.2, -0.15) is 0 Å². The zero-order valence-corrected chi connectivity index (χ0v) is 17.4. The van der Waals surface area contributed by atoms with Gasteiger partial charge in [0, 0.05) is 16.9 Å². The molecule has 0 aromatic heterocycles. The number of nitrogens with one attached hydrogen (secondary N) is 2. The first-order valence-corrected chi connectivity index (χ1v) is 9.81. The van der Waals surface area contributed by atoms with Gasteiger partial charge in [-0.25, -0.2) is 0 Å². The van der Waals surface area contributed by atoms with Crippen LogP contribution in [-0.2, 0) is 0 Å². The summed E-state index contributed by atoms with van der Waals surface area (Å²) in [6.07, 6.45) is 7.04. The molecule has 0 radical (unpaired) electrons. The molecule has 0 amide bonds. The molecule has 0 saturated carbocycles. The first-order valence-electron chi connectivity index (χ1n) is 9.40. The number of carbonyl (C=O) groups is 1. The number of hydrogen-bond acceptors (Lipinski definition) is 3. The lowest BCUT2D eigenvalue weighted by Gasteiger charge is -2.10. The number of para-hydroxylation sites is 1. The molecular formula is C25H22N2O2S. The number of rotatable bonds is 7. The Balaban J connectivity index is 1.52. The molecule has 4 nitrogen and oxygen atoms in total. The van der Waals surface area contributed by atoms with Crippen LogP contribution in [0.15, 0.2) is 97.1 Å². The highest BCUT2D eigenvalue weighted by Gasteiger charge is 2.03. The maximum Gasteiger partial charge on any atom is 0.185 e. The van der Waals surface area contributed by atoms with Gasteiger partial charge in [0.15, 0.2) is 10.9 Å². The summed E-state index contributed by atoms with van der Waals surface area (Å²) in [6, 6.07) is 24.6. The molecular weight excluding hydrogens is 392 g/mol. The monoisotopic (exact) mass is 414 g/mol. The molecule has 3 aromatic rings. The number of allylic oxidation sites excluding steroid dienone is 3. The fourth-order valence-electron chi connectivity index (χ4n) is 2.65. The number of methoxy groups -OCH3 is 1. The maximum atomic E-state index is 12.3. The predicted octanol–water partition coefficient (Wildman–Crippen LogP) is 5.96. The van der Waals surface area contributed by atoms with Gasteiger partial charge in [0.05, 0.1) is 7.11 Å². The fraction of sp³-hybridized carbons (Fsp3) is 0.0400. The number of thiocarbonyl (C=S) groups is 1. The topological polar surface area (TPSA) is 50.4 Å². The average molecular weight is 415 g/mol. The standard InChI is InChI=1S/C25H22N2O2S/c1-29-23-17-11-19(12-18-23)7-5-6-10-24(28)20-13-15-22(16-14-20)27-25(30)26-21-8-3-2-4-9-21/h2-18H,1H3,(H2,26,27,30)/b7-5+,10-6+. The van der Waals surface area contributed by atoms with Crippen LogP contribution in [0.25, 0.3) is 6.08 Å². The zero-order valence-electron chi connectivity index (χ0n) is 16.5. The van der Waals surface area contributed by atoms with Crippen LogP contribution in [0.1, 0.15) is 15.9 Å². The van der Waals surface area contributed by atoms with Crippen LogP contribution in [0.2, 0.25) is 0 Å². The van der Waals surface area contributed by atoms with Crippen LogP contribution in [0, 0.1) is 0 Å². The molecule has 30 heavy (non-hydrogen) atoms. The molecule has 0 bridgehead atoms. The minimum atomic E-state index is -0.0640. The van der Waals surface area contributed by atoms with E-state index in [0.29, 0.717) is 10.7 Å². The van der Waals surface area contributed by atoms with Gasteiger partial charge in [-0.15, -0.1) is 0 Å². The normalized spacial score (nSPS) is 10.8. The maximum absolute atomic E-state index is 12.3. The summed E-state index contributed by atoms with van der Waals surface area (Å²) in [5, 5.41) is 6.71. The van der Waals surface area contributed by atoms with E-state index < -0.39 is 0 Å². The molecule has 5 heteroatoms. The first kappa shape index (κ1) is 21.0. The van der Waals surface area contributed by atoms with Crippen molar-refractivity contribution in [2.24, 2.45) is 0 Å². The van der Waals surface area contributed by atoms with Crippen molar-refractivity contribution in [3.8, 4) is 5.75 Å². The first-order chi connectivity index (χ1) is 14.6. The largest absolute Gasteiger partial charge is 0.497 e. The molecule has 150 valence electrons. The van der Waals surface area contributed by atoms with E-state index >= 15 is 0 Å². The quantitative estimate of drug-likeness (QED) is 0.216. The number of ketones is 1. The van der Waals surface area contributed by atoms with Crippen molar-refractivity contribution >= 4 is 40.6 Å². The van der Waals surface area contributed by atoms with Crippen LogP contribution >= 0.6 is 12.2 Å². The minimum Gasteiger partial charge on any atom is -0.497 e. The molecule has 0 saturated heterocycles. The van der Waals surface area contributed by atoms with Crippen molar-refractivity contribution < 1.29 is 9.53 Å². The fourth-order valence-corrected chi connectivity index (χ4v) is 2.89. The van der Waals surface area contributed by atoms with Gasteiger partial charge in [-0.1, -0.05) is 48.6 Å². The lowest BCUT2D eigenvalue weighted by Crippen LogP contribution is -2.18. The molecule has 2 N–H and O–H groups in total. The van der Waals surface area contributed by atoms with Crippen molar-refractivity contribution in [3.63, 3.8) is 0 Å². The molecule has 0 unspecified atom stereocenters. The van der Waals surface area contributed by atoms with E-state index in [0.717, 1.165) is 22.7 Å². The van der Waals surface area contributed by atoms with Crippen molar-refractivity contribution in [3.05, 3.63) is 108 Å². The van der Waals surface area contributed by atoms with Crippen LogP contribution in [0.5, 0.6) is 5.75 Å². The Bertz CT molecular complexity index is 1040. The van der Waals surface area contributed by atoms with Gasteiger partial charge in [-0.05, 0) is 72.4 Å². The molecule has 0 atom stereocenters. The van der Waals surface area contributed by atoms with E-state index in [1.54, 1.807) is 31.4 Å². The third-order valence-electron chi connectivity index (χ3n) is 4.22. The van der Waals surface area contributed by atoms with Crippen LogP contribution in [0.3, 0.4) is 0 Å². The second-order valence-corrected chi connectivity index (χ2v) is 6.79. The van der Waals surface area contributed by atoms with Crippen LogP contribution < -0.4 is 15.4 Å². The summed E-state index contributed by atoms with van der Waals surface area (Å²) in [5.74, 6) is 0.748. The number of anilines is 2. The summed E-state index contributed by atoms with van der Waals surface area (Å²) < 4.78 is 5.13. The van der Waals surface area contributed by atoms with Crippen LogP contribution in [-0.4, -0.2) is 18.0 Å². The van der Waals surface area contributed by atoms with Crippen molar-refractivity contribution in [2.75, 3.05) is 17.7 Å². The van der Waals surface area contributed by atoms with E-state index in [1.807, 2.05) is 78.9 Å². The SMILES string of the molecule is COc1ccc(/C=C/C=C/C(=O)c2ccc(NC(=S)Nc3ccccc3)cc2)cc1. The second kappa shape index (κ2) is 10.7. The Kier molecular flexibility index (Phi) is 7.52. The van der Waals surface area contributed by atoms with Crippen molar-refractivity contribution in [1.29, 1.82) is 0 Å². The molecule has 0 fully saturated rings. The smallest absolute Gasteiger partial charge is 0.185 e. The Morgan fingerprint density at radius 3 is 2.10 bits per heavy atom. The van der Waals surface area contributed by atoms with Gasteiger partial charge >= 0.3 is 0 Å². The summed E-state index contributed by atoms with van der Waals surface area (Å²) >= 11 is 5.31. The van der Waals surface area contributed by atoms with Crippen molar-refractivity contribution in [2.45, 2.75) is 0 Å². The van der Waals surface area contributed by atoms with Crippen LogP contribution in [0.4, 0.5) is 11.4 Å². The summed E-state index contributed by atoms with van der Waals surface area (Å²) in [5.41, 5.74) is 3.36. The van der Waals surface area contributed by atoms with Gasteiger partial charge in [0.25, 0.3) is 0 Å². The number of benzene rings is 3. The minimum absolute atomic E-state index is 0.0640. The van der Waals surface area contributed by atoms with E-state index in [1.165, 1.54) is 0 Å². The van der Waals surface area contributed by atoms with E-state index in [2.05, 4.69) is 10.6 Å². The van der Waals surface area contributed by atoms with E-state index in [9.17, 15) is 4.79 Å². The Morgan fingerprint density at radius 2 is 1.47 bits per heavy atom. The molecule has 0 aliphatic heterocycles. The number of ether oxygens (including phenoxy) is 1. The highest BCUT2D eigenvalue weighted by Crippen LogP contribution is 2.14. The Morgan fingerprint density at radius 1 is 0.833 bits per heavy atom. The van der Waals surface area contributed by atoms with Gasteiger partial charge in [0.1, 0.15) is 5.75 Å². The third kappa shape index (κ3) is 6.43. The highest BCUT2D eigenvalue weighted by atomic mass is 32.1. The molecule has 0 aliphatic rings. The highest BCUT2D eigenvalue weighted by molar-refractivity contribution is 7.80. The number of carbonyl (C=O) groups excluding carboxylic acids is 1. The summed E-state index contributed by atoms with van der Waals surface area (Å²) in [7, 11) is 1.64. The molecule has 0 aliphatic carbocycles. The van der Waals surface area contributed by atoms with E-state index in [4.69, 9.17) is 17.0 Å². The lowest BCUT2D eigenvalue weighted by molar-refractivity contribution is 0.104. The average Bonchev–Trinajstić information content (AvgIpc) is 2.78. The molecule has 0 heterocycles. The predicted molar refractivity (Wildman–Crippen MR) is 128 cm³/mol. The Hall–Kier alpha value is -3.70.